The maximum Gasteiger partial charge on any atom is 0.339 e. The predicted octanol–water partition coefficient (Wildman–Crippen LogP) is 3.15. The lowest BCUT2D eigenvalue weighted by Gasteiger charge is -2.19. The molecule has 0 saturated carbocycles. The first-order valence-electron chi connectivity index (χ1n) is 8.82. The Morgan fingerprint density at radius 3 is 2.41 bits per heavy atom. The highest BCUT2D eigenvalue weighted by atomic mass is 16.5. The number of amides is 2. The van der Waals surface area contributed by atoms with Crippen molar-refractivity contribution in [3.05, 3.63) is 52.3 Å². The summed E-state index contributed by atoms with van der Waals surface area (Å²) in [5.41, 5.74) is 2.74. The van der Waals surface area contributed by atoms with Gasteiger partial charge < -0.3 is 19.9 Å². The highest BCUT2D eigenvalue weighted by Gasteiger charge is 2.22. The van der Waals surface area contributed by atoms with Gasteiger partial charge in [-0.05, 0) is 51.5 Å². The van der Waals surface area contributed by atoms with Crippen LogP contribution in [0, 0.1) is 13.8 Å². The normalized spacial score (nSPS) is 10.4. The molecule has 7 nitrogen and oxygen atoms in total. The number of nitrogens with one attached hydrogen (secondary N) is 2. The molecule has 0 radical (unpaired) electrons. The monoisotopic (exact) mass is 371 g/mol. The van der Waals surface area contributed by atoms with Gasteiger partial charge in [-0.2, -0.15) is 0 Å². The number of ether oxygens (including phenoxy) is 1. The average Bonchev–Trinajstić information content (AvgIpc) is 2.96. The summed E-state index contributed by atoms with van der Waals surface area (Å²) >= 11 is 0. The number of esters is 1. The fraction of sp³-hybridized carbons (Fsp3) is 0.350. The van der Waals surface area contributed by atoms with E-state index in [1.807, 2.05) is 13.8 Å². The van der Waals surface area contributed by atoms with Crippen molar-refractivity contribution in [2.24, 2.45) is 0 Å². The third kappa shape index (κ3) is 4.19. The zero-order chi connectivity index (χ0) is 20.1. The molecule has 0 aliphatic heterocycles. The smallest absolute Gasteiger partial charge is 0.339 e. The summed E-state index contributed by atoms with van der Waals surface area (Å²) in [7, 11) is 1.30. The minimum atomic E-state index is -0.493. The van der Waals surface area contributed by atoms with Crippen molar-refractivity contribution in [1.29, 1.82) is 0 Å². The zero-order valence-electron chi connectivity index (χ0n) is 16.3. The van der Waals surface area contributed by atoms with Gasteiger partial charge in [-0.15, -0.1) is 0 Å². The van der Waals surface area contributed by atoms with Crippen LogP contribution in [0.5, 0.6) is 0 Å². The molecule has 0 bridgehead atoms. The van der Waals surface area contributed by atoms with Crippen molar-refractivity contribution in [1.82, 2.24) is 9.88 Å². The van der Waals surface area contributed by atoms with Crippen molar-refractivity contribution < 1.29 is 19.1 Å². The molecule has 0 atom stereocenters. The van der Waals surface area contributed by atoms with Crippen LogP contribution < -0.4 is 5.32 Å². The second-order valence-electron chi connectivity index (χ2n) is 6.13. The number of H-pyrrole nitrogens is 1. The number of rotatable bonds is 6. The lowest BCUT2D eigenvalue weighted by Crippen LogP contribution is -2.30. The van der Waals surface area contributed by atoms with Crippen molar-refractivity contribution in [2.45, 2.75) is 27.7 Å². The standard InChI is InChI=1S/C20H25N3O4/c1-6-23(7-2)19(25)14-9-8-10-15(11-14)22-18(24)17-12(3)16(13(4)21-17)20(26)27-5/h8-11,21H,6-7H2,1-5H3,(H,22,24). The summed E-state index contributed by atoms with van der Waals surface area (Å²) < 4.78 is 4.76. The summed E-state index contributed by atoms with van der Waals surface area (Å²) in [6.07, 6.45) is 0. The van der Waals surface area contributed by atoms with Gasteiger partial charge in [0.15, 0.2) is 0 Å². The molecule has 27 heavy (non-hydrogen) atoms. The fourth-order valence-electron chi connectivity index (χ4n) is 3.00. The first-order valence-corrected chi connectivity index (χ1v) is 8.82. The van der Waals surface area contributed by atoms with E-state index in [0.717, 1.165) is 0 Å². The largest absolute Gasteiger partial charge is 0.465 e. The van der Waals surface area contributed by atoms with Gasteiger partial charge in [-0.3, -0.25) is 9.59 Å². The summed E-state index contributed by atoms with van der Waals surface area (Å²) in [5, 5.41) is 2.77. The number of anilines is 1. The minimum Gasteiger partial charge on any atom is -0.465 e. The molecule has 2 N–H and O–H groups in total. The number of aromatic nitrogens is 1. The number of hydrogen-bond acceptors (Lipinski definition) is 4. The molecule has 0 spiro atoms. The molecular weight excluding hydrogens is 346 g/mol. The van der Waals surface area contributed by atoms with Crippen molar-refractivity contribution in [3.8, 4) is 0 Å². The third-order valence-corrected chi connectivity index (χ3v) is 4.47. The van der Waals surface area contributed by atoms with E-state index in [2.05, 4.69) is 10.3 Å². The van der Waals surface area contributed by atoms with E-state index >= 15 is 0 Å². The molecule has 144 valence electrons. The highest BCUT2D eigenvalue weighted by molar-refractivity contribution is 6.07. The Labute approximate surface area is 158 Å². The first-order chi connectivity index (χ1) is 12.8. The molecule has 1 aromatic carbocycles. The number of methoxy groups -OCH3 is 1. The van der Waals surface area contributed by atoms with Gasteiger partial charge in [0.1, 0.15) is 5.69 Å². The van der Waals surface area contributed by atoms with Crippen LogP contribution >= 0.6 is 0 Å². The van der Waals surface area contributed by atoms with Crippen LogP contribution in [0.3, 0.4) is 0 Å². The number of aryl methyl sites for hydroxylation is 1. The van der Waals surface area contributed by atoms with E-state index in [1.165, 1.54) is 7.11 Å². The molecular formula is C20H25N3O4. The number of aromatic amines is 1. The summed E-state index contributed by atoms with van der Waals surface area (Å²) in [6, 6.07) is 6.79. The molecule has 0 unspecified atom stereocenters. The molecule has 1 heterocycles. The van der Waals surface area contributed by atoms with Crippen LogP contribution in [-0.2, 0) is 4.74 Å². The predicted molar refractivity (Wildman–Crippen MR) is 103 cm³/mol. The fourth-order valence-corrected chi connectivity index (χ4v) is 3.00. The van der Waals surface area contributed by atoms with E-state index in [9.17, 15) is 14.4 Å². The Hall–Kier alpha value is -3.09. The summed E-state index contributed by atoms with van der Waals surface area (Å²) in [5.74, 6) is -0.971. The SMILES string of the molecule is CCN(CC)C(=O)c1cccc(NC(=O)c2[nH]c(C)c(C(=O)OC)c2C)c1. The van der Waals surface area contributed by atoms with Gasteiger partial charge in [0, 0.05) is 30.0 Å². The minimum absolute atomic E-state index is 0.0871. The van der Waals surface area contributed by atoms with Gasteiger partial charge in [-0.25, -0.2) is 4.79 Å². The van der Waals surface area contributed by atoms with Gasteiger partial charge in [0.05, 0.1) is 12.7 Å². The Kier molecular flexibility index (Phi) is 6.39. The Bertz CT molecular complexity index is 866. The van der Waals surface area contributed by atoms with Crippen LogP contribution in [0.15, 0.2) is 24.3 Å². The second-order valence-corrected chi connectivity index (χ2v) is 6.13. The lowest BCUT2D eigenvalue weighted by molar-refractivity contribution is 0.0599. The quantitative estimate of drug-likeness (QED) is 0.763. The van der Waals surface area contributed by atoms with Crippen LogP contribution in [0.25, 0.3) is 0 Å². The molecule has 0 saturated heterocycles. The molecule has 2 rings (SSSR count). The zero-order valence-corrected chi connectivity index (χ0v) is 16.3. The number of carbonyl (C=O) groups excluding carboxylic acids is 3. The molecule has 2 aromatic rings. The number of carbonyl (C=O) groups is 3. The number of benzene rings is 1. The molecule has 7 heteroatoms. The van der Waals surface area contributed by atoms with Crippen LogP contribution in [0.2, 0.25) is 0 Å². The van der Waals surface area contributed by atoms with Gasteiger partial charge >= 0.3 is 5.97 Å². The summed E-state index contributed by atoms with van der Waals surface area (Å²) in [6.45, 7) is 8.46. The van der Waals surface area contributed by atoms with Gasteiger partial charge in [0.25, 0.3) is 11.8 Å². The average molecular weight is 371 g/mol. The van der Waals surface area contributed by atoms with Gasteiger partial charge in [-0.1, -0.05) is 6.07 Å². The topological polar surface area (TPSA) is 91.5 Å². The van der Waals surface area contributed by atoms with Crippen LogP contribution in [-0.4, -0.2) is 47.9 Å². The number of nitrogens with zero attached hydrogens (tertiary/aromatic N) is 1. The lowest BCUT2D eigenvalue weighted by atomic mass is 10.1. The molecule has 0 aliphatic rings. The van der Waals surface area contributed by atoms with Crippen molar-refractivity contribution in [2.75, 3.05) is 25.5 Å². The third-order valence-electron chi connectivity index (χ3n) is 4.47. The maximum absolute atomic E-state index is 12.6. The molecule has 2 amide bonds. The van der Waals surface area contributed by atoms with E-state index in [1.54, 1.807) is 43.0 Å². The van der Waals surface area contributed by atoms with Crippen molar-refractivity contribution in [3.63, 3.8) is 0 Å². The maximum atomic E-state index is 12.6. The van der Waals surface area contributed by atoms with Crippen LogP contribution in [0.4, 0.5) is 5.69 Å². The first kappa shape index (κ1) is 20.2. The Balaban J connectivity index is 2.26. The Morgan fingerprint density at radius 2 is 1.81 bits per heavy atom. The van der Waals surface area contributed by atoms with E-state index in [-0.39, 0.29) is 11.6 Å². The van der Waals surface area contributed by atoms with Gasteiger partial charge in [0.2, 0.25) is 0 Å². The Morgan fingerprint density at radius 1 is 1.15 bits per heavy atom. The highest BCUT2D eigenvalue weighted by Crippen LogP contribution is 2.21. The molecule has 0 fully saturated rings. The second kappa shape index (κ2) is 8.53. The molecule has 0 aliphatic carbocycles. The van der Waals surface area contributed by atoms with E-state index < -0.39 is 11.9 Å². The van der Waals surface area contributed by atoms with Crippen molar-refractivity contribution >= 4 is 23.5 Å². The number of hydrogen-bond donors (Lipinski definition) is 2. The van der Waals surface area contributed by atoms with Crippen LogP contribution in [0.1, 0.15) is 56.3 Å². The molecule has 1 aromatic heterocycles. The van der Waals surface area contributed by atoms with E-state index in [0.29, 0.717) is 41.2 Å². The van der Waals surface area contributed by atoms with E-state index in [4.69, 9.17) is 4.74 Å². The summed E-state index contributed by atoms with van der Waals surface area (Å²) in [4.78, 5) is 41.6.